The molecular formula is C11H14N2O3. The van der Waals surface area contributed by atoms with Crippen LogP contribution in [0.1, 0.15) is 12.8 Å². The van der Waals surface area contributed by atoms with Crippen LogP contribution < -0.4 is 11.3 Å². The smallest absolute Gasteiger partial charge is 0.404 e. The maximum atomic E-state index is 11.4. The zero-order chi connectivity index (χ0) is 11.5. The molecule has 1 heterocycles. The highest BCUT2D eigenvalue weighted by Gasteiger charge is 2.31. The summed E-state index contributed by atoms with van der Waals surface area (Å²) < 4.78 is 6.51. The molecule has 2 N–H and O–H groups in total. The monoisotopic (exact) mass is 222 g/mol. The maximum absolute atomic E-state index is 11.4. The second-order valence-corrected chi connectivity index (χ2v) is 4.09. The van der Waals surface area contributed by atoms with Gasteiger partial charge in [0, 0.05) is 18.8 Å². The van der Waals surface area contributed by atoms with Crippen LogP contribution in [0.25, 0.3) is 0 Å². The fraction of sp³-hybridized carbons (Fsp3) is 0.455. The Kier molecular flexibility index (Phi) is 2.94. The quantitative estimate of drug-likeness (QED) is 0.818. The van der Waals surface area contributed by atoms with Crippen LogP contribution in [0.2, 0.25) is 0 Å². The molecule has 1 aliphatic carbocycles. The molecular weight excluding hydrogens is 208 g/mol. The summed E-state index contributed by atoms with van der Waals surface area (Å²) in [5.41, 5.74) is 4.91. The van der Waals surface area contributed by atoms with Crippen LogP contribution >= 0.6 is 0 Å². The molecule has 0 aliphatic heterocycles. The number of nitrogens with two attached hydrogens (primary N) is 1. The van der Waals surface area contributed by atoms with Crippen LogP contribution in [0.15, 0.2) is 29.2 Å². The van der Waals surface area contributed by atoms with E-state index in [1.165, 1.54) is 6.07 Å². The summed E-state index contributed by atoms with van der Waals surface area (Å²) in [6, 6.07) is 5.09. The van der Waals surface area contributed by atoms with Crippen molar-refractivity contribution in [2.24, 2.45) is 11.7 Å². The van der Waals surface area contributed by atoms with Gasteiger partial charge in [0.2, 0.25) is 0 Å². The largest absolute Gasteiger partial charge is 0.446 e. The summed E-state index contributed by atoms with van der Waals surface area (Å²) in [5.74, 6) is 0.393. The van der Waals surface area contributed by atoms with E-state index >= 15 is 0 Å². The lowest BCUT2D eigenvalue weighted by Crippen LogP contribution is -2.38. The van der Waals surface area contributed by atoms with Crippen molar-refractivity contribution < 1.29 is 9.53 Å². The van der Waals surface area contributed by atoms with Gasteiger partial charge in [0.1, 0.15) is 6.10 Å². The Morgan fingerprint density at radius 1 is 1.50 bits per heavy atom. The first-order valence-corrected chi connectivity index (χ1v) is 5.26. The lowest BCUT2D eigenvalue weighted by atomic mass is 9.82. The molecule has 2 rings (SSSR count). The fourth-order valence-corrected chi connectivity index (χ4v) is 1.97. The molecule has 1 aromatic rings. The van der Waals surface area contributed by atoms with Crippen molar-refractivity contribution in [3.63, 3.8) is 0 Å². The Hall–Kier alpha value is -1.78. The van der Waals surface area contributed by atoms with E-state index in [0.717, 1.165) is 12.8 Å². The molecule has 16 heavy (non-hydrogen) atoms. The number of ether oxygens (including phenoxy) is 1. The van der Waals surface area contributed by atoms with Crippen molar-refractivity contribution >= 4 is 6.09 Å². The molecule has 0 saturated heterocycles. The van der Waals surface area contributed by atoms with Crippen LogP contribution in [0, 0.1) is 5.92 Å². The van der Waals surface area contributed by atoms with E-state index in [1.807, 2.05) is 6.07 Å². The Bertz CT molecular complexity index is 435. The molecule has 5 heteroatoms. The Morgan fingerprint density at radius 2 is 2.25 bits per heavy atom. The Morgan fingerprint density at radius 3 is 2.88 bits per heavy atom. The van der Waals surface area contributed by atoms with Crippen LogP contribution in [-0.2, 0) is 11.3 Å². The number of hydrogen-bond acceptors (Lipinski definition) is 3. The predicted octanol–water partition coefficient (Wildman–Crippen LogP) is 0.722. The fourth-order valence-electron chi connectivity index (χ4n) is 1.97. The van der Waals surface area contributed by atoms with E-state index in [2.05, 4.69) is 0 Å². The lowest BCUT2D eigenvalue weighted by molar-refractivity contribution is 0.0163. The number of aromatic nitrogens is 1. The number of amides is 1. The van der Waals surface area contributed by atoms with Gasteiger partial charge >= 0.3 is 6.09 Å². The second kappa shape index (κ2) is 4.38. The predicted molar refractivity (Wildman–Crippen MR) is 57.9 cm³/mol. The van der Waals surface area contributed by atoms with Gasteiger partial charge < -0.3 is 15.0 Å². The van der Waals surface area contributed by atoms with Crippen molar-refractivity contribution in [1.29, 1.82) is 0 Å². The van der Waals surface area contributed by atoms with Crippen molar-refractivity contribution in [1.82, 2.24) is 4.57 Å². The van der Waals surface area contributed by atoms with Gasteiger partial charge in [0.25, 0.3) is 5.56 Å². The molecule has 1 saturated carbocycles. The minimum Gasteiger partial charge on any atom is -0.446 e. The first-order valence-electron chi connectivity index (χ1n) is 5.26. The zero-order valence-corrected chi connectivity index (χ0v) is 8.83. The highest BCUT2D eigenvalue weighted by atomic mass is 16.6. The molecule has 1 aromatic heterocycles. The molecule has 86 valence electrons. The number of carbonyl (C=O) groups excluding carboxylic acids is 1. The molecule has 5 nitrogen and oxygen atoms in total. The van der Waals surface area contributed by atoms with Crippen molar-refractivity contribution in [2.45, 2.75) is 25.5 Å². The molecule has 0 spiro atoms. The number of hydrogen-bond donors (Lipinski definition) is 1. The normalized spacial score (nSPS) is 23.5. The topological polar surface area (TPSA) is 74.3 Å². The van der Waals surface area contributed by atoms with Crippen LogP contribution in [-0.4, -0.2) is 16.8 Å². The summed E-state index contributed by atoms with van der Waals surface area (Å²) in [4.78, 5) is 21.9. The Balaban J connectivity index is 1.84. The van der Waals surface area contributed by atoms with Crippen molar-refractivity contribution in [3.8, 4) is 0 Å². The number of nitrogens with zero attached hydrogens (tertiary/aromatic N) is 1. The summed E-state index contributed by atoms with van der Waals surface area (Å²) >= 11 is 0. The summed E-state index contributed by atoms with van der Waals surface area (Å²) in [6.07, 6.45) is 2.54. The van der Waals surface area contributed by atoms with Gasteiger partial charge in [-0.05, 0) is 24.8 Å². The van der Waals surface area contributed by atoms with Crippen LogP contribution in [0.3, 0.4) is 0 Å². The molecule has 1 amide bonds. The van der Waals surface area contributed by atoms with Gasteiger partial charge in [0.15, 0.2) is 0 Å². The third-order valence-electron chi connectivity index (χ3n) is 2.83. The number of carbonyl (C=O) groups is 1. The average Bonchev–Trinajstić information content (AvgIpc) is 2.17. The minimum atomic E-state index is -0.722. The van der Waals surface area contributed by atoms with E-state index in [1.54, 1.807) is 16.8 Å². The third kappa shape index (κ3) is 2.42. The zero-order valence-electron chi connectivity index (χ0n) is 8.83. The van der Waals surface area contributed by atoms with Gasteiger partial charge in [-0.25, -0.2) is 4.79 Å². The molecule has 1 fully saturated rings. The summed E-state index contributed by atoms with van der Waals surface area (Å²) in [5, 5.41) is 0. The first-order chi connectivity index (χ1) is 7.65. The molecule has 0 atom stereocenters. The number of primary amides is 1. The van der Waals surface area contributed by atoms with E-state index < -0.39 is 6.09 Å². The summed E-state index contributed by atoms with van der Waals surface area (Å²) in [7, 11) is 0. The molecule has 0 bridgehead atoms. The highest BCUT2D eigenvalue weighted by molar-refractivity contribution is 5.64. The molecule has 0 aromatic carbocycles. The van der Waals surface area contributed by atoms with Crippen molar-refractivity contribution in [3.05, 3.63) is 34.7 Å². The summed E-state index contributed by atoms with van der Waals surface area (Å²) in [6.45, 7) is 0.679. The first kappa shape index (κ1) is 10.7. The lowest BCUT2D eigenvalue weighted by Gasteiger charge is -2.34. The van der Waals surface area contributed by atoms with Gasteiger partial charge in [-0.2, -0.15) is 0 Å². The number of pyridine rings is 1. The van der Waals surface area contributed by atoms with Crippen LogP contribution in [0.5, 0.6) is 0 Å². The third-order valence-corrected chi connectivity index (χ3v) is 2.83. The maximum Gasteiger partial charge on any atom is 0.404 e. The Labute approximate surface area is 92.8 Å². The minimum absolute atomic E-state index is 0.00164. The van der Waals surface area contributed by atoms with Gasteiger partial charge in [0.05, 0.1) is 0 Å². The van der Waals surface area contributed by atoms with Gasteiger partial charge in [-0.1, -0.05) is 6.07 Å². The molecule has 0 unspecified atom stereocenters. The second-order valence-electron chi connectivity index (χ2n) is 4.09. The molecule has 1 aliphatic rings. The van der Waals surface area contributed by atoms with E-state index in [-0.39, 0.29) is 11.7 Å². The van der Waals surface area contributed by atoms with Crippen molar-refractivity contribution in [2.75, 3.05) is 0 Å². The standard InChI is InChI=1S/C11H14N2O3/c12-11(15)16-9-5-8(6-9)7-13-4-2-1-3-10(13)14/h1-4,8-9H,5-7H2,(H2,12,15). The van der Waals surface area contributed by atoms with E-state index in [0.29, 0.717) is 12.5 Å². The van der Waals surface area contributed by atoms with E-state index in [4.69, 9.17) is 10.5 Å². The number of rotatable bonds is 3. The average molecular weight is 222 g/mol. The van der Waals surface area contributed by atoms with E-state index in [9.17, 15) is 9.59 Å². The van der Waals surface area contributed by atoms with Gasteiger partial charge in [-0.15, -0.1) is 0 Å². The van der Waals surface area contributed by atoms with Gasteiger partial charge in [-0.3, -0.25) is 4.79 Å². The molecule has 0 radical (unpaired) electrons. The van der Waals surface area contributed by atoms with Crippen LogP contribution in [0.4, 0.5) is 4.79 Å². The SMILES string of the molecule is NC(=O)OC1CC(Cn2ccccc2=O)C1. The highest BCUT2D eigenvalue weighted by Crippen LogP contribution is 2.30.